The fourth-order valence-corrected chi connectivity index (χ4v) is 3.55. The number of ether oxygens (including phenoxy) is 2. The van der Waals surface area contributed by atoms with E-state index in [4.69, 9.17) is 9.47 Å². The first-order chi connectivity index (χ1) is 8.63. The minimum atomic E-state index is 0.295. The summed E-state index contributed by atoms with van der Waals surface area (Å²) in [5.74, 6) is 1.05. The Morgan fingerprint density at radius 2 is 2.06 bits per heavy atom. The fraction of sp³-hybridized carbons (Fsp3) is 0.600. The highest BCUT2D eigenvalue weighted by Crippen LogP contribution is 2.39. The van der Waals surface area contributed by atoms with Crippen LogP contribution in [0.15, 0.2) is 18.2 Å². The summed E-state index contributed by atoms with van der Waals surface area (Å²) >= 11 is 3.80. The first kappa shape index (κ1) is 12.5. The zero-order valence-corrected chi connectivity index (χ0v) is 12.4. The maximum absolute atomic E-state index is 5.94. The summed E-state index contributed by atoms with van der Waals surface area (Å²) in [6.07, 6.45) is 4.33. The van der Waals surface area contributed by atoms with E-state index in [0.717, 1.165) is 25.0 Å². The third kappa shape index (κ3) is 2.30. The Labute approximate surface area is 117 Å². The minimum absolute atomic E-state index is 0.295. The molecule has 1 fully saturated rings. The molecule has 1 aromatic rings. The maximum atomic E-state index is 5.94. The standard InChI is InChI=1S/C15H19BrO2/c1-9-3-5-14(17-9)15(16)11-4-6-13-12(8-11)7-10(2)18-13/h4,6,8-10,14-15H,3,5,7H2,1-2H3. The minimum Gasteiger partial charge on any atom is -0.490 e. The third-order valence-corrected chi connectivity index (χ3v) is 4.95. The lowest BCUT2D eigenvalue weighted by molar-refractivity contribution is 0.0557. The smallest absolute Gasteiger partial charge is 0.123 e. The molecule has 4 atom stereocenters. The largest absolute Gasteiger partial charge is 0.490 e. The first-order valence-electron chi connectivity index (χ1n) is 6.72. The van der Waals surface area contributed by atoms with Crippen LogP contribution in [0.4, 0.5) is 0 Å². The average molecular weight is 311 g/mol. The molecule has 2 aliphatic rings. The van der Waals surface area contributed by atoms with Crippen molar-refractivity contribution in [3.8, 4) is 5.75 Å². The van der Waals surface area contributed by atoms with Gasteiger partial charge in [0.25, 0.3) is 0 Å². The molecule has 2 heterocycles. The van der Waals surface area contributed by atoms with Gasteiger partial charge in [0.05, 0.1) is 17.0 Å². The summed E-state index contributed by atoms with van der Waals surface area (Å²) in [6, 6.07) is 6.52. The van der Waals surface area contributed by atoms with E-state index in [2.05, 4.69) is 48.0 Å². The molecule has 0 radical (unpaired) electrons. The van der Waals surface area contributed by atoms with Crippen LogP contribution in [0.2, 0.25) is 0 Å². The van der Waals surface area contributed by atoms with E-state index >= 15 is 0 Å². The van der Waals surface area contributed by atoms with Gasteiger partial charge in [0.15, 0.2) is 0 Å². The van der Waals surface area contributed by atoms with Crippen molar-refractivity contribution in [2.75, 3.05) is 0 Å². The monoisotopic (exact) mass is 310 g/mol. The lowest BCUT2D eigenvalue weighted by Crippen LogP contribution is -2.14. The van der Waals surface area contributed by atoms with Crippen LogP contribution in [0.25, 0.3) is 0 Å². The number of halogens is 1. The Kier molecular flexibility index (Phi) is 3.37. The van der Waals surface area contributed by atoms with Crippen LogP contribution in [0.3, 0.4) is 0 Å². The molecule has 3 rings (SSSR count). The van der Waals surface area contributed by atoms with Gasteiger partial charge in [-0.1, -0.05) is 28.1 Å². The van der Waals surface area contributed by atoms with Crippen LogP contribution >= 0.6 is 15.9 Å². The summed E-state index contributed by atoms with van der Waals surface area (Å²) in [5.41, 5.74) is 2.64. The van der Waals surface area contributed by atoms with Crippen molar-refractivity contribution in [3.63, 3.8) is 0 Å². The second-order valence-corrected chi connectivity index (χ2v) is 6.45. The van der Waals surface area contributed by atoms with Crippen molar-refractivity contribution in [3.05, 3.63) is 29.3 Å². The Hall–Kier alpha value is -0.540. The summed E-state index contributed by atoms with van der Waals surface area (Å²) in [5, 5.41) is 0. The Balaban J connectivity index is 1.79. The molecular formula is C15H19BrO2. The summed E-state index contributed by atoms with van der Waals surface area (Å²) < 4.78 is 11.7. The van der Waals surface area contributed by atoms with Crippen LogP contribution in [-0.4, -0.2) is 18.3 Å². The topological polar surface area (TPSA) is 18.5 Å². The van der Waals surface area contributed by atoms with E-state index in [1.54, 1.807) is 0 Å². The van der Waals surface area contributed by atoms with Gasteiger partial charge in [0.2, 0.25) is 0 Å². The quantitative estimate of drug-likeness (QED) is 0.768. The maximum Gasteiger partial charge on any atom is 0.123 e. The van der Waals surface area contributed by atoms with E-state index in [9.17, 15) is 0 Å². The highest BCUT2D eigenvalue weighted by molar-refractivity contribution is 9.09. The van der Waals surface area contributed by atoms with E-state index in [1.165, 1.54) is 11.1 Å². The van der Waals surface area contributed by atoms with Gasteiger partial charge in [0.1, 0.15) is 11.9 Å². The van der Waals surface area contributed by atoms with Gasteiger partial charge in [-0.05, 0) is 43.9 Å². The van der Waals surface area contributed by atoms with E-state index in [0.29, 0.717) is 23.1 Å². The van der Waals surface area contributed by atoms with E-state index in [1.807, 2.05) is 0 Å². The van der Waals surface area contributed by atoms with Crippen molar-refractivity contribution in [2.24, 2.45) is 0 Å². The van der Waals surface area contributed by atoms with Gasteiger partial charge in [-0.3, -0.25) is 0 Å². The normalized spacial score (nSPS) is 32.1. The number of hydrogen-bond donors (Lipinski definition) is 0. The number of hydrogen-bond acceptors (Lipinski definition) is 2. The summed E-state index contributed by atoms with van der Waals surface area (Å²) in [6.45, 7) is 4.27. The molecule has 0 saturated carbocycles. The van der Waals surface area contributed by atoms with Crippen molar-refractivity contribution < 1.29 is 9.47 Å². The van der Waals surface area contributed by atoms with Gasteiger partial charge in [0, 0.05) is 6.42 Å². The molecule has 2 nitrogen and oxygen atoms in total. The lowest BCUT2D eigenvalue weighted by Gasteiger charge is -2.18. The van der Waals surface area contributed by atoms with Crippen molar-refractivity contribution >= 4 is 15.9 Å². The molecule has 0 N–H and O–H groups in total. The predicted molar refractivity (Wildman–Crippen MR) is 75.5 cm³/mol. The number of fused-ring (bicyclic) bond motifs is 1. The highest BCUT2D eigenvalue weighted by Gasteiger charge is 2.30. The molecule has 3 heteroatoms. The highest BCUT2D eigenvalue weighted by atomic mass is 79.9. The van der Waals surface area contributed by atoms with Gasteiger partial charge in [-0.15, -0.1) is 0 Å². The number of alkyl halides is 1. The van der Waals surface area contributed by atoms with Crippen LogP contribution in [0, 0.1) is 0 Å². The van der Waals surface area contributed by atoms with Crippen LogP contribution in [-0.2, 0) is 11.2 Å². The van der Waals surface area contributed by atoms with Crippen LogP contribution in [0.5, 0.6) is 5.75 Å². The van der Waals surface area contributed by atoms with Crippen molar-refractivity contribution in [1.82, 2.24) is 0 Å². The Morgan fingerprint density at radius 1 is 1.22 bits per heavy atom. The van der Waals surface area contributed by atoms with Gasteiger partial charge in [-0.2, -0.15) is 0 Å². The number of rotatable bonds is 2. The molecule has 4 unspecified atom stereocenters. The number of benzene rings is 1. The molecule has 0 spiro atoms. The van der Waals surface area contributed by atoms with Gasteiger partial charge in [-0.25, -0.2) is 0 Å². The SMILES string of the molecule is CC1Cc2cc(C(Br)C3CCC(C)O3)ccc2O1. The summed E-state index contributed by atoms with van der Waals surface area (Å²) in [7, 11) is 0. The van der Waals surface area contributed by atoms with E-state index in [-0.39, 0.29) is 0 Å². The molecule has 0 bridgehead atoms. The Morgan fingerprint density at radius 3 is 2.78 bits per heavy atom. The van der Waals surface area contributed by atoms with Crippen molar-refractivity contribution in [2.45, 2.75) is 56.2 Å². The lowest BCUT2D eigenvalue weighted by atomic mass is 10.0. The molecule has 18 heavy (non-hydrogen) atoms. The first-order valence-corrected chi connectivity index (χ1v) is 7.64. The second-order valence-electron chi connectivity index (χ2n) is 5.46. The van der Waals surface area contributed by atoms with Crippen LogP contribution in [0.1, 0.15) is 42.6 Å². The molecule has 1 saturated heterocycles. The van der Waals surface area contributed by atoms with Crippen LogP contribution < -0.4 is 4.74 Å². The predicted octanol–water partition coefficient (Wildman–Crippen LogP) is 4.01. The molecule has 0 aliphatic carbocycles. The average Bonchev–Trinajstić information content (AvgIpc) is 2.92. The molecule has 98 valence electrons. The van der Waals surface area contributed by atoms with E-state index < -0.39 is 0 Å². The third-order valence-electron chi connectivity index (χ3n) is 3.83. The molecule has 0 amide bonds. The molecule has 2 aliphatic heterocycles. The summed E-state index contributed by atoms with van der Waals surface area (Å²) in [4.78, 5) is 0.295. The van der Waals surface area contributed by atoms with Gasteiger partial charge >= 0.3 is 0 Å². The van der Waals surface area contributed by atoms with Gasteiger partial charge < -0.3 is 9.47 Å². The fourth-order valence-electron chi connectivity index (χ4n) is 2.88. The molecule has 0 aromatic heterocycles. The zero-order chi connectivity index (χ0) is 12.7. The molecular weight excluding hydrogens is 292 g/mol. The molecule has 1 aromatic carbocycles. The van der Waals surface area contributed by atoms with Crippen molar-refractivity contribution in [1.29, 1.82) is 0 Å². The zero-order valence-electron chi connectivity index (χ0n) is 10.9. The second kappa shape index (κ2) is 4.86. The Bertz CT molecular complexity index is 446.